The first-order valence-corrected chi connectivity index (χ1v) is 5.30. The van der Waals surface area contributed by atoms with Crippen LogP contribution in [0.5, 0.6) is 0 Å². The van der Waals surface area contributed by atoms with Crippen LogP contribution >= 0.6 is 0 Å². The van der Waals surface area contributed by atoms with Crippen molar-refractivity contribution in [3.8, 4) is 0 Å². The van der Waals surface area contributed by atoms with Crippen molar-refractivity contribution in [2.75, 3.05) is 26.4 Å². The maximum absolute atomic E-state index is 11.6. The molecule has 0 spiro atoms. The zero-order valence-corrected chi connectivity index (χ0v) is 9.39. The second-order valence-electron chi connectivity index (χ2n) is 3.33. The average molecular weight is 237 g/mol. The van der Waals surface area contributed by atoms with Crippen molar-refractivity contribution in [3.63, 3.8) is 0 Å². The minimum absolute atomic E-state index is 0.0267. The zero-order valence-electron chi connectivity index (χ0n) is 9.39. The summed E-state index contributed by atoms with van der Waals surface area (Å²) in [4.78, 5) is 22.0. The number of aliphatic hydroxyl groups excluding tert-OH is 1. The van der Waals surface area contributed by atoms with Crippen LogP contribution in [0.25, 0.3) is 0 Å². The SMILES string of the molecule is O=Cc1ccc(C(=O)NCCOCCO)cc1. The van der Waals surface area contributed by atoms with E-state index in [0.717, 1.165) is 6.29 Å². The molecule has 1 amide bonds. The summed E-state index contributed by atoms with van der Waals surface area (Å²) in [6.45, 7) is 0.984. The number of aldehydes is 1. The van der Waals surface area contributed by atoms with Gasteiger partial charge in [0.2, 0.25) is 0 Å². The molecule has 0 atom stereocenters. The third kappa shape index (κ3) is 4.76. The Morgan fingerprint density at radius 3 is 2.59 bits per heavy atom. The van der Waals surface area contributed by atoms with E-state index >= 15 is 0 Å². The van der Waals surface area contributed by atoms with Gasteiger partial charge in [0, 0.05) is 17.7 Å². The maximum atomic E-state index is 11.6. The molecule has 2 N–H and O–H groups in total. The number of amides is 1. The van der Waals surface area contributed by atoms with Crippen LogP contribution in [-0.2, 0) is 4.74 Å². The fraction of sp³-hybridized carbons (Fsp3) is 0.333. The zero-order chi connectivity index (χ0) is 12.5. The standard InChI is InChI=1S/C12H15NO4/c14-6-8-17-7-5-13-12(16)11-3-1-10(9-15)2-4-11/h1-4,9,14H,5-8H2,(H,13,16). The maximum Gasteiger partial charge on any atom is 0.251 e. The van der Waals surface area contributed by atoms with E-state index in [4.69, 9.17) is 9.84 Å². The van der Waals surface area contributed by atoms with E-state index in [-0.39, 0.29) is 19.1 Å². The lowest BCUT2D eigenvalue weighted by Gasteiger charge is -2.05. The third-order valence-corrected chi connectivity index (χ3v) is 2.08. The summed E-state index contributed by atoms with van der Waals surface area (Å²) in [6, 6.07) is 6.36. The van der Waals surface area contributed by atoms with Gasteiger partial charge in [-0.3, -0.25) is 9.59 Å². The van der Waals surface area contributed by atoms with Crippen LogP contribution in [0.15, 0.2) is 24.3 Å². The minimum atomic E-state index is -0.213. The Labute approximate surface area is 99.4 Å². The van der Waals surface area contributed by atoms with Gasteiger partial charge in [-0.15, -0.1) is 0 Å². The molecule has 5 heteroatoms. The summed E-state index contributed by atoms with van der Waals surface area (Å²) in [5.74, 6) is -0.213. The molecule has 0 heterocycles. The molecule has 0 aliphatic heterocycles. The molecule has 1 aromatic rings. The van der Waals surface area contributed by atoms with E-state index in [9.17, 15) is 9.59 Å². The molecule has 17 heavy (non-hydrogen) atoms. The normalized spacial score (nSPS) is 9.94. The van der Waals surface area contributed by atoms with Gasteiger partial charge >= 0.3 is 0 Å². The lowest BCUT2D eigenvalue weighted by Crippen LogP contribution is -2.27. The van der Waals surface area contributed by atoms with Crippen molar-refractivity contribution in [1.82, 2.24) is 5.32 Å². The Morgan fingerprint density at radius 1 is 1.29 bits per heavy atom. The lowest BCUT2D eigenvalue weighted by molar-refractivity contribution is 0.0838. The highest BCUT2D eigenvalue weighted by Crippen LogP contribution is 2.01. The molecule has 0 saturated carbocycles. The Morgan fingerprint density at radius 2 is 2.00 bits per heavy atom. The van der Waals surface area contributed by atoms with E-state index in [1.807, 2.05) is 0 Å². The molecule has 92 valence electrons. The van der Waals surface area contributed by atoms with Gasteiger partial charge in [-0.1, -0.05) is 12.1 Å². The van der Waals surface area contributed by atoms with Crippen LogP contribution in [0.4, 0.5) is 0 Å². The average Bonchev–Trinajstić information content (AvgIpc) is 2.38. The molecule has 0 aliphatic carbocycles. The number of carbonyl (C=O) groups excluding carboxylic acids is 2. The molecule has 1 rings (SSSR count). The van der Waals surface area contributed by atoms with Gasteiger partial charge in [0.05, 0.1) is 19.8 Å². The van der Waals surface area contributed by atoms with Crippen molar-refractivity contribution in [3.05, 3.63) is 35.4 Å². The highest BCUT2D eigenvalue weighted by molar-refractivity contribution is 5.94. The van der Waals surface area contributed by atoms with Crippen molar-refractivity contribution in [2.24, 2.45) is 0 Å². The summed E-state index contributed by atoms with van der Waals surface area (Å²) in [5.41, 5.74) is 1.03. The Bertz CT molecular complexity index is 361. The number of hydrogen-bond donors (Lipinski definition) is 2. The number of nitrogens with one attached hydrogen (secondary N) is 1. The number of rotatable bonds is 7. The summed E-state index contributed by atoms with van der Waals surface area (Å²) < 4.78 is 4.99. The minimum Gasteiger partial charge on any atom is -0.394 e. The van der Waals surface area contributed by atoms with Crippen molar-refractivity contribution >= 4 is 12.2 Å². The van der Waals surface area contributed by atoms with Crippen LogP contribution < -0.4 is 5.32 Å². The predicted molar refractivity (Wildman–Crippen MR) is 62.1 cm³/mol. The van der Waals surface area contributed by atoms with Crippen molar-refractivity contribution in [2.45, 2.75) is 0 Å². The monoisotopic (exact) mass is 237 g/mol. The third-order valence-electron chi connectivity index (χ3n) is 2.08. The molecular weight excluding hydrogens is 222 g/mol. The fourth-order valence-corrected chi connectivity index (χ4v) is 1.22. The molecule has 0 unspecified atom stereocenters. The van der Waals surface area contributed by atoms with Gasteiger partial charge < -0.3 is 15.2 Å². The first kappa shape index (κ1) is 13.3. The predicted octanol–water partition coefficient (Wildman–Crippen LogP) is 0.238. The first-order valence-electron chi connectivity index (χ1n) is 5.30. The summed E-state index contributed by atoms with van der Waals surface area (Å²) in [5, 5.41) is 11.1. The van der Waals surface area contributed by atoms with Crippen LogP contribution in [0, 0.1) is 0 Å². The molecule has 0 aromatic heterocycles. The highest BCUT2D eigenvalue weighted by Gasteiger charge is 2.03. The molecule has 0 radical (unpaired) electrons. The number of aliphatic hydroxyl groups is 1. The van der Waals surface area contributed by atoms with Crippen LogP contribution in [0.1, 0.15) is 20.7 Å². The van der Waals surface area contributed by atoms with Crippen molar-refractivity contribution < 1.29 is 19.4 Å². The van der Waals surface area contributed by atoms with Gasteiger partial charge in [-0.05, 0) is 12.1 Å². The molecule has 0 saturated heterocycles. The van der Waals surface area contributed by atoms with Gasteiger partial charge in [-0.2, -0.15) is 0 Å². The lowest BCUT2D eigenvalue weighted by atomic mass is 10.1. The molecule has 5 nitrogen and oxygen atoms in total. The molecule has 0 bridgehead atoms. The summed E-state index contributed by atoms with van der Waals surface area (Å²) in [6.07, 6.45) is 0.727. The number of carbonyl (C=O) groups is 2. The fourth-order valence-electron chi connectivity index (χ4n) is 1.22. The van der Waals surface area contributed by atoms with E-state index < -0.39 is 0 Å². The second kappa shape index (κ2) is 7.54. The van der Waals surface area contributed by atoms with E-state index in [0.29, 0.717) is 24.3 Å². The van der Waals surface area contributed by atoms with Gasteiger partial charge in [-0.25, -0.2) is 0 Å². The smallest absolute Gasteiger partial charge is 0.251 e. The van der Waals surface area contributed by atoms with Gasteiger partial charge in [0.1, 0.15) is 6.29 Å². The number of hydrogen-bond acceptors (Lipinski definition) is 4. The largest absolute Gasteiger partial charge is 0.394 e. The van der Waals surface area contributed by atoms with Crippen LogP contribution in [-0.4, -0.2) is 43.7 Å². The second-order valence-corrected chi connectivity index (χ2v) is 3.33. The van der Waals surface area contributed by atoms with Crippen LogP contribution in [0.2, 0.25) is 0 Å². The quantitative estimate of drug-likeness (QED) is 0.526. The van der Waals surface area contributed by atoms with Gasteiger partial charge in [0.25, 0.3) is 5.91 Å². The molecule has 0 aliphatic rings. The van der Waals surface area contributed by atoms with E-state index in [1.165, 1.54) is 0 Å². The highest BCUT2D eigenvalue weighted by atomic mass is 16.5. The summed E-state index contributed by atoms with van der Waals surface area (Å²) in [7, 11) is 0. The Hall–Kier alpha value is -1.72. The molecule has 1 aromatic carbocycles. The van der Waals surface area contributed by atoms with Crippen LogP contribution in [0.3, 0.4) is 0 Å². The van der Waals surface area contributed by atoms with Crippen molar-refractivity contribution in [1.29, 1.82) is 0 Å². The first-order chi connectivity index (χ1) is 8.27. The number of benzene rings is 1. The van der Waals surface area contributed by atoms with Gasteiger partial charge in [0.15, 0.2) is 0 Å². The Kier molecular flexibility index (Phi) is 5.92. The Balaban J connectivity index is 2.33. The van der Waals surface area contributed by atoms with E-state index in [1.54, 1.807) is 24.3 Å². The topological polar surface area (TPSA) is 75.6 Å². The molecule has 0 fully saturated rings. The van der Waals surface area contributed by atoms with E-state index in [2.05, 4.69) is 5.32 Å². The summed E-state index contributed by atoms with van der Waals surface area (Å²) >= 11 is 0. The number of ether oxygens (including phenoxy) is 1. The molecular formula is C12H15NO4.